The molecule has 2 aromatic rings. The number of carbonyl (C=O) groups excluding carboxylic acids is 1. The van der Waals surface area contributed by atoms with E-state index in [0.717, 1.165) is 18.4 Å². The molecule has 0 spiro atoms. The number of halogens is 2. The zero-order valence-corrected chi connectivity index (χ0v) is 14.6. The number of rotatable bonds is 5. The summed E-state index contributed by atoms with van der Waals surface area (Å²) >= 11 is 3.33. The Morgan fingerprint density at radius 2 is 1.88 bits per heavy atom. The van der Waals surface area contributed by atoms with Crippen LogP contribution >= 0.6 is 15.9 Å². The van der Waals surface area contributed by atoms with Crippen molar-refractivity contribution in [3.8, 4) is 0 Å². The Bertz CT molecular complexity index is 685. The maximum absolute atomic E-state index is 13.8. The third-order valence-electron chi connectivity index (χ3n) is 3.98. The lowest BCUT2D eigenvalue weighted by Gasteiger charge is -2.36. The molecule has 3 rings (SSSR count). The predicted octanol–water partition coefficient (Wildman–Crippen LogP) is 4.46. The zero-order chi connectivity index (χ0) is 16.9. The maximum Gasteiger partial charge on any atom is 0.407 e. The van der Waals surface area contributed by atoms with Crippen molar-refractivity contribution in [2.75, 3.05) is 5.32 Å². The SMILES string of the molecule is O=C(NC1CC(Nc2c(F)cccc2Br)C1)OCc1ccccc1. The van der Waals surface area contributed by atoms with Gasteiger partial charge in [0.15, 0.2) is 0 Å². The van der Waals surface area contributed by atoms with E-state index >= 15 is 0 Å². The van der Waals surface area contributed by atoms with Crippen LogP contribution in [0.5, 0.6) is 0 Å². The van der Waals surface area contributed by atoms with Crippen LogP contribution in [-0.4, -0.2) is 18.2 Å². The number of nitrogens with one attached hydrogen (secondary N) is 2. The van der Waals surface area contributed by atoms with Crippen molar-refractivity contribution in [1.82, 2.24) is 5.32 Å². The third-order valence-corrected chi connectivity index (χ3v) is 4.64. The molecule has 24 heavy (non-hydrogen) atoms. The molecular weight excluding hydrogens is 375 g/mol. The summed E-state index contributed by atoms with van der Waals surface area (Å²) in [5.41, 5.74) is 1.41. The van der Waals surface area contributed by atoms with Crippen molar-refractivity contribution in [3.05, 3.63) is 64.4 Å². The molecule has 0 radical (unpaired) electrons. The summed E-state index contributed by atoms with van der Waals surface area (Å²) in [6.07, 6.45) is 1.05. The molecule has 1 aliphatic carbocycles. The predicted molar refractivity (Wildman–Crippen MR) is 94.3 cm³/mol. The van der Waals surface area contributed by atoms with E-state index in [9.17, 15) is 9.18 Å². The first-order valence-corrected chi connectivity index (χ1v) is 8.59. The van der Waals surface area contributed by atoms with Gasteiger partial charge in [-0.05, 0) is 46.5 Å². The molecule has 126 valence electrons. The van der Waals surface area contributed by atoms with E-state index in [-0.39, 0.29) is 24.5 Å². The Morgan fingerprint density at radius 3 is 2.58 bits per heavy atom. The number of benzene rings is 2. The molecule has 6 heteroatoms. The molecule has 1 aliphatic rings. The average Bonchev–Trinajstić information content (AvgIpc) is 2.54. The van der Waals surface area contributed by atoms with Gasteiger partial charge in [-0.25, -0.2) is 9.18 Å². The molecule has 0 heterocycles. The highest BCUT2D eigenvalue weighted by molar-refractivity contribution is 9.10. The molecule has 2 N–H and O–H groups in total. The van der Waals surface area contributed by atoms with Crippen LogP contribution in [0.1, 0.15) is 18.4 Å². The first-order chi connectivity index (χ1) is 11.6. The van der Waals surface area contributed by atoms with E-state index in [1.54, 1.807) is 12.1 Å². The molecule has 0 aromatic heterocycles. The quantitative estimate of drug-likeness (QED) is 0.789. The largest absolute Gasteiger partial charge is 0.445 e. The highest BCUT2D eigenvalue weighted by Gasteiger charge is 2.31. The topological polar surface area (TPSA) is 50.4 Å². The van der Waals surface area contributed by atoms with E-state index in [0.29, 0.717) is 10.2 Å². The van der Waals surface area contributed by atoms with Gasteiger partial charge in [0.1, 0.15) is 12.4 Å². The standard InChI is InChI=1S/C18H18BrFN2O2/c19-15-7-4-8-16(20)17(15)21-13-9-14(10-13)22-18(23)24-11-12-5-2-1-3-6-12/h1-8,13-14,21H,9-11H2,(H,22,23). The molecule has 0 bridgehead atoms. The van der Waals surface area contributed by atoms with Crippen LogP contribution in [0.4, 0.5) is 14.9 Å². The molecule has 1 amide bonds. The van der Waals surface area contributed by atoms with Crippen molar-refractivity contribution in [3.63, 3.8) is 0 Å². The van der Waals surface area contributed by atoms with Crippen LogP contribution in [-0.2, 0) is 11.3 Å². The second-order valence-corrected chi connectivity index (χ2v) is 6.67. The number of anilines is 1. The second-order valence-electron chi connectivity index (χ2n) is 5.81. The van der Waals surface area contributed by atoms with Crippen molar-refractivity contribution >= 4 is 27.7 Å². The van der Waals surface area contributed by atoms with Crippen molar-refractivity contribution in [2.24, 2.45) is 0 Å². The molecule has 2 aromatic carbocycles. The number of ether oxygens (including phenoxy) is 1. The van der Waals surface area contributed by atoms with Crippen LogP contribution < -0.4 is 10.6 Å². The minimum atomic E-state index is -0.422. The summed E-state index contributed by atoms with van der Waals surface area (Å²) in [7, 11) is 0. The van der Waals surface area contributed by atoms with Gasteiger partial charge in [0.05, 0.1) is 5.69 Å². The van der Waals surface area contributed by atoms with Crippen molar-refractivity contribution in [1.29, 1.82) is 0 Å². The number of hydrogen-bond donors (Lipinski definition) is 2. The molecule has 0 atom stereocenters. The Balaban J connectivity index is 1.40. The van der Waals surface area contributed by atoms with Gasteiger partial charge in [-0.2, -0.15) is 0 Å². The number of hydrogen-bond acceptors (Lipinski definition) is 3. The normalized spacial score (nSPS) is 19.2. The number of para-hydroxylation sites is 1. The van der Waals surface area contributed by atoms with E-state index in [2.05, 4.69) is 26.6 Å². The molecule has 1 fully saturated rings. The zero-order valence-electron chi connectivity index (χ0n) is 13.0. The molecule has 0 unspecified atom stereocenters. The fraction of sp³-hybridized carbons (Fsp3) is 0.278. The average molecular weight is 393 g/mol. The van der Waals surface area contributed by atoms with Gasteiger partial charge >= 0.3 is 6.09 Å². The summed E-state index contributed by atoms with van der Waals surface area (Å²) in [5, 5.41) is 5.99. The number of carbonyl (C=O) groups is 1. The summed E-state index contributed by atoms with van der Waals surface area (Å²) in [6, 6.07) is 14.6. The van der Waals surface area contributed by atoms with E-state index < -0.39 is 6.09 Å². The van der Waals surface area contributed by atoms with Gasteiger partial charge in [0.2, 0.25) is 0 Å². The van der Waals surface area contributed by atoms with Crippen LogP contribution in [0.3, 0.4) is 0 Å². The van der Waals surface area contributed by atoms with Gasteiger partial charge in [0.25, 0.3) is 0 Å². The molecule has 4 nitrogen and oxygen atoms in total. The van der Waals surface area contributed by atoms with E-state index in [1.165, 1.54) is 6.07 Å². The smallest absolute Gasteiger partial charge is 0.407 e. The fourth-order valence-electron chi connectivity index (χ4n) is 2.62. The van der Waals surface area contributed by atoms with Gasteiger partial charge in [0, 0.05) is 16.6 Å². The minimum Gasteiger partial charge on any atom is -0.445 e. The number of alkyl carbamates (subject to hydrolysis) is 1. The van der Waals surface area contributed by atoms with Crippen LogP contribution in [0.2, 0.25) is 0 Å². The minimum absolute atomic E-state index is 0.0522. The Hall–Kier alpha value is -2.08. The Labute approximate surface area is 148 Å². The summed E-state index contributed by atoms with van der Waals surface area (Å²) in [6.45, 7) is 0.253. The molecule has 1 saturated carbocycles. The van der Waals surface area contributed by atoms with Crippen molar-refractivity contribution < 1.29 is 13.9 Å². The van der Waals surface area contributed by atoms with Gasteiger partial charge < -0.3 is 15.4 Å². The fourth-order valence-corrected chi connectivity index (χ4v) is 3.08. The second kappa shape index (κ2) is 7.66. The summed E-state index contributed by atoms with van der Waals surface area (Å²) < 4.78 is 19.6. The Kier molecular flexibility index (Phi) is 5.35. The monoisotopic (exact) mass is 392 g/mol. The first kappa shape index (κ1) is 16.8. The first-order valence-electron chi connectivity index (χ1n) is 7.79. The lowest BCUT2D eigenvalue weighted by atomic mass is 9.86. The van der Waals surface area contributed by atoms with Crippen LogP contribution in [0.15, 0.2) is 53.0 Å². The maximum atomic E-state index is 13.8. The lowest BCUT2D eigenvalue weighted by Crippen LogP contribution is -2.49. The summed E-state index contributed by atoms with van der Waals surface area (Å²) in [4.78, 5) is 11.8. The third kappa shape index (κ3) is 4.26. The van der Waals surface area contributed by atoms with E-state index in [1.807, 2.05) is 30.3 Å². The summed E-state index contributed by atoms with van der Waals surface area (Å²) in [5.74, 6) is -0.289. The van der Waals surface area contributed by atoms with Gasteiger partial charge in [-0.15, -0.1) is 0 Å². The molecule has 0 saturated heterocycles. The van der Waals surface area contributed by atoms with E-state index in [4.69, 9.17) is 4.74 Å². The highest BCUT2D eigenvalue weighted by atomic mass is 79.9. The van der Waals surface area contributed by atoms with Gasteiger partial charge in [-0.1, -0.05) is 36.4 Å². The lowest BCUT2D eigenvalue weighted by molar-refractivity contribution is 0.129. The van der Waals surface area contributed by atoms with Crippen molar-refractivity contribution in [2.45, 2.75) is 31.5 Å². The number of amides is 1. The highest BCUT2D eigenvalue weighted by Crippen LogP contribution is 2.30. The van der Waals surface area contributed by atoms with Gasteiger partial charge in [-0.3, -0.25) is 0 Å². The molecule has 0 aliphatic heterocycles. The Morgan fingerprint density at radius 1 is 1.12 bits per heavy atom. The van der Waals surface area contributed by atoms with Crippen LogP contribution in [0.25, 0.3) is 0 Å². The molecular formula is C18H18BrFN2O2. The van der Waals surface area contributed by atoms with Crippen LogP contribution in [0, 0.1) is 5.82 Å².